The lowest BCUT2D eigenvalue weighted by atomic mass is 10.2. The molecule has 0 spiro atoms. The Balaban J connectivity index is 1.87. The summed E-state index contributed by atoms with van der Waals surface area (Å²) in [5.41, 5.74) is 0.982. The number of carbonyl (C=O) groups is 2. The Morgan fingerprint density at radius 2 is 1.90 bits per heavy atom. The van der Waals surface area contributed by atoms with Gasteiger partial charge in [0.1, 0.15) is 5.75 Å². The number of thiophene rings is 1. The molecule has 7 nitrogen and oxygen atoms in total. The Morgan fingerprint density at radius 1 is 1.10 bits per heavy atom. The average Bonchev–Trinajstić information content (AvgIpc) is 3.09. The van der Waals surface area contributed by atoms with Gasteiger partial charge in [-0.05, 0) is 42.8 Å². The second kappa shape index (κ2) is 9.69. The molecule has 2 amide bonds. The largest absolute Gasteiger partial charge is 0.495 e. The third-order valence-corrected chi connectivity index (χ3v) is 5.50. The molecular weight excluding hydrogens is 428 g/mol. The van der Waals surface area contributed by atoms with Crippen LogP contribution in [-0.4, -0.2) is 32.8 Å². The van der Waals surface area contributed by atoms with Gasteiger partial charge in [0.25, 0.3) is 0 Å². The molecule has 30 heavy (non-hydrogen) atoms. The van der Waals surface area contributed by atoms with Crippen molar-refractivity contribution in [1.29, 1.82) is 0 Å². The van der Waals surface area contributed by atoms with Crippen LogP contribution in [0.4, 0.5) is 16.2 Å². The van der Waals surface area contributed by atoms with Gasteiger partial charge in [-0.3, -0.25) is 0 Å². The first-order chi connectivity index (χ1) is 14.5. The third kappa shape index (κ3) is 4.77. The Bertz CT molecular complexity index is 1080. The molecule has 2 N–H and O–H groups in total. The van der Waals surface area contributed by atoms with Gasteiger partial charge in [0.05, 0.1) is 26.5 Å². The molecule has 0 bridgehead atoms. The number of ether oxygens (including phenoxy) is 3. The van der Waals surface area contributed by atoms with Crippen molar-refractivity contribution in [1.82, 2.24) is 0 Å². The third-order valence-electron chi connectivity index (χ3n) is 4.13. The minimum atomic E-state index is -0.464. The number of benzene rings is 2. The van der Waals surface area contributed by atoms with Crippen LogP contribution in [0.25, 0.3) is 10.1 Å². The molecule has 0 aliphatic carbocycles. The van der Waals surface area contributed by atoms with Crippen LogP contribution in [0.3, 0.4) is 0 Å². The lowest BCUT2D eigenvalue weighted by Crippen LogP contribution is -2.19. The average molecular weight is 449 g/mol. The summed E-state index contributed by atoms with van der Waals surface area (Å²) >= 11 is 7.29. The number of methoxy groups -OCH3 is 2. The second-order valence-electron chi connectivity index (χ2n) is 6.24. The zero-order valence-electron chi connectivity index (χ0n) is 16.7. The Kier molecular flexibility index (Phi) is 7.02. The maximum absolute atomic E-state index is 12.5. The van der Waals surface area contributed by atoms with Crippen molar-refractivity contribution in [3.8, 4) is 11.5 Å². The number of urea groups is 1. The number of rotatable bonds is 7. The minimum Gasteiger partial charge on any atom is -0.495 e. The van der Waals surface area contributed by atoms with E-state index in [0.717, 1.165) is 16.5 Å². The van der Waals surface area contributed by atoms with Gasteiger partial charge in [-0.2, -0.15) is 0 Å². The van der Waals surface area contributed by atoms with E-state index in [2.05, 4.69) is 10.6 Å². The van der Waals surface area contributed by atoms with Crippen LogP contribution in [0, 0.1) is 0 Å². The van der Waals surface area contributed by atoms with Crippen LogP contribution in [0.2, 0.25) is 5.02 Å². The topological polar surface area (TPSA) is 85.9 Å². The van der Waals surface area contributed by atoms with E-state index in [4.69, 9.17) is 25.8 Å². The molecule has 0 unspecified atom stereocenters. The summed E-state index contributed by atoms with van der Waals surface area (Å²) in [7, 11) is 2.84. The predicted molar refractivity (Wildman–Crippen MR) is 120 cm³/mol. The summed E-state index contributed by atoms with van der Waals surface area (Å²) in [5.74, 6) is 0.493. The summed E-state index contributed by atoms with van der Waals surface area (Å²) in [6.45, 7) is 2.44. The quantitative estimate of drug-likeness (QED) is 0.447. The highest BCUT2D eigenvalue weighted by molar-refractivity contribution is 7.21. The fourth-order valence-electron chi connectivity index (χ4n) is 2.79. The van der Waals surface area contributed by atoms with E-state index in [1.165, 1.54) is 25.6 Å². The van der Waals surface area contributed by atoms with E-state index in [1.54, 1.807) is 30.3 Å². The Morgan fingerprint density at radius 3 is 2.60 bits per heavy atom. The van der Waals surface area contributed by atoms with Crippen molar-refractivity contribution in [3.05, 3.63) is 46.3 Å². The SMILES string of the molecule is CCCOc1c(C(=O)OC)sc2ccc(NC(=O)Nc3cc(Cl)ccc3OC)cc12. The fourth-order valence-corrected chi connectivity index (χ4v) is 4.01. The van der Waals surface area contributed by atoms with Crippen molar-refractivity contribution in [2.75, 3.05) is 31.5 Å². The molecule has 0 radical (unpaired) electrons. The molecule has 1 heterocycles. The van der Waals surface area contributed by atoms with Crippen LogP contribution in [0.15, 0.2) is 36.4 Å². The summed E-state index contributed by atoms with van der Waals surface area (Å²) in [5, 5.41) is 6.69. The van der Waals surface area contributed by atoms with Gasteiger partial charge in [0, 0.05) is 20.8 Å². The maximum Gasteiger partial charge on any atom is 0.351 e. The van der Waals surface area contributed by atoms with Gasteiger partial charge in [0.15, 0.2) is 10.6 Å². The number of anilines is 2. The zero-order chi connectivity index (χ0) is 21.7. The van der Waals surface area contributed by atoms with Crippen molar-refractivity contribution in [3.63, 3.8) is 0 Å². The van der Waals surface area contributed by atoms with E-state index < -0.39 is 12.0 Å². The smallest absolute Gasteiger partial charge is 0.351 e. The van der Waals surface area contributed by atoms with Crippen LogP contribution in [0.5, 0.6) is 11.5 Å². The first-order valence-electron chi connectivity index (χ1n) is 9.16. The van der Waals surface area contributed by atoms with Gasteiger partial charge < -0.3 is 24.8 Å². The van der Waals surface area contributed by atoms with E-state index in [1.807, 2.05) is 13.0 Å². The summed E-state index contributed by atoms with van der Waals surface area (Å²) in [4.78, 5) is 25.0. The minimum absolute atomic E-state index is 0.395. The van der Waals surface area contributed by atoms with Gasteiger partial charge >= 0.3 is 12.0 Å². The standard InChI is InChI=1S/C21H21ClN2O5S/c1-4-9-29-18-14-11-13(6-8-17(14)30-19(18)20(25)28-3)23-21(26)24-15-10-12(22)5-7-16(15)27-2/h5-8,10-11H,4,9H2,1-3H3,(H2,23,24,26). The van der Waals surface area contributed by atoms with Gasteiger partial charge in [0.2, 0.25) is 0 Å². The zero-order valence-corrected chi connectivity index (χ0v) is 18.3. The second-order valence-corrected chi connectivity index (χ2v) is 7.72. The molecule has 0 atom stereocenters. The van der Waals surface area contributed by atoms with Gasteiger partial charge in [-0.25, -0.2) is 9.59 Å². The molecule has 0 saturated heterocycles. The molecule has 2 aromatic carbocycles. The number of amides is 2. The van der Waals surface area contributed by atoms with Gasteiger partial charge in [-0.1, -0.05) is 18.5 Å². The van der Waals surface area contributed by atoms with E-state index in [9.17, 15) is 9.59 Å². The van der Waals surface area contributed by atoms with Crippen LogP contribution in [-0.2, 0) is 4.74 Å². The molecule has 0 saturated carbocycles. The molecule has 3 aromatic rings. The molecule has 0 fully saturated rings. The molecule has 9 heteroatoms. The molecule has 3 rings (SSSR count). The van der Waals surface area contributed by atoms with Crippen molar-refractivity contribution >= 4 is 56.4 Å². The molecule has 158 valence electrons. The molecule has 0 aliphatic rings. The number of hydrogen-bond donors (Lipinski definition) is 2. The summed E-state index contributed by atoms with van der Waals surface area (Å²) in [6.07, 6.45) is 0.791. The van der Waals surface area contributed by atoms with Gasteiger partial charge in [-0.15, -0.1) is 11.3 Å². The van der Waals surface area contributed by atoms with Crippen LogP contribution >= 0.6 is 22.9 Å². The number of halogens is 1. The first-order valence-corrected chi connectivity index (χ1v) is 10.4. The summed E-state index contributed by atoms with van der Waals surface area (Å²) in [6, 6.07) is 9.80. The number of esters is 1. The highest BCUT2D eigenvalue weighted by Crippen LogP contribution is 2.40. The highest BCUT2D eigenvalue weighted by atomic mass is 35.5. The van der Waals surface area contributed by atoms with Crippen molar-refractivity contribution in [2.24, 2.45) is 0 Å². The number of carbonyl (C=O) groups excluding carboxylic acids is 2. The van der Waals surface area contributed by atoms with E-state index in [-0.39, 0.29) is 0 Å². The number of hydrogen-bond acceptors (Lipinski definition) is 6. The molecule has 0 aliphatic heterocycles. The van der Waals surface area contributed by atoms with E-state index >= 15 is 0 Å². The van der Waals surface area contributed by atoms with Crippen LogP contribution in [0.1, 0.15) is 23.0 Å². The maximum atomic E-state index is 12.5. The normalized spacial score (nSPS) is 10.5. The summed E-state index contributed by atoms with van der Waals surface area (Å²) < 4.78 is 16.8. The Hall–Kier alpha value is -2.97. The highest BCUT2D eigenvalue weighted by Gasteiger charge is 2.21. The first kappa shape index (κ1) is 21.7. The van der Waals surface area contributed by atoms with Crippen LogP contribution < -0.4 is 20.1 Å². The number of nitrogens with one attached hydrogen (secondary N) is 2. The molecular formula is C21H21ClN2O5S. The fraction of sp³-hybridized carbons (Fsp3) is 0.238. The Labute approximate surface area is 182 Å². The van der Waals surface area contributed by atoms with Crippen molar-refractivity contribution in [2.45, 2.75) is 13.3 Å². The lowest BCUT2D eigenvalue weighted by molar-refractivity contribution is 0.0602. The monoisotopic (exact) mass is 448 g/mol. The number of fused-ring (bicyclic) bond motifs is 1. The lowest BCUT2D eigenvalue weighted by Gasteiger charge is -2.12. The predicted octanol–water partition coefficient (Wildman–Crippen LogP) is 5.78. The molecule has 1 aromatic heterocycles. The van der Waals surface area contributed by atoms with E-state index in [0.29, 0.717) is 39.4 Å². The van der Waals surface area contributed by atoms with Crippen molar-refractivity contribution < 1.29 is 23.8 Å².